The first-order valence-corrected chi connectivity index (χ1v) is 7.68. The second kappa shape index (κ2) is 5.69. The van der Waals surface area contributed by atoms with Gasteiger partial charge in [-0.25, -0.2) is 9.67 Å². The molecule has 0 fully saturated rings. The van der Waals surface area contributed by atoms with Crippen molar-refractivity contribution in [3.63, 3.8) is 0 Å². The van der Waals surface area contributed by atoms with Gasteiger partial charge >= 0.3 is 0 Å². The zero-order valence-corrected chi connectivity index (χ0v) is 12.9. The lowest BCUT2D eigenvalue weighted by Crippen LogP contribution is -2.28. The van der Waals surface area contributed by atoms with E-state index in [0.717, 1.165) is 0 Å². The fourth-order valence-electron chi connectivity index (χ4n) is 2.17. The summed E-state index contributed by atoms with van der Waals surface area (Å²) in [5, 5.41) is 10.3. The highest BCUT2D eigenvalue weighted by molar-refractivity contribution is 7.13. The molecule has 0 atom stereocenters. The average Bonchev–Trinajstić information content (AvgIpc) is 3.00. The highest BCUT2D eigenvalue weighted by Gasteiger charge is 2.18. The number of nitrogens with one attached hydrogen (secondary N) is 1. The molecular weight excluding hydrogens is 300 g/mol. The molecule has 0 aliphatic rings. The van der Waals surface area contributed by atoms with E-state index in [-0.39, 0.29) is 23.2 Å². The van der Waals surface area contributed by atoms with Gasteiger partial charge in [-0.1, -0.05) is 18.2 Å². The molecule has 0 bridgehead atoms. The molecule has 1 N–H and O–H groups in total. The molecule has 1 aromatic carbocycles. The van der Waals surface area contributed by atoms with E-state index in [2.05, 4.69) is 15.4 Å². The molecule has 7 heteroatoms. The Morgan fingerprint density at radius 2 is 2.00 bits per heavy atom. The molecule has 3 rings (SSSR count). The zero-order chi connectivity index (χ0) is 15.7. The number of hydrogen-bond donors (Lipinski definition) is 1. The van der Waals surface area contributed by atoms with Crippen LogP contribution in [0.15, 0.2) is 40.6 Å². The van der Waals surface area contributed by atoms with Crippen molar-refractivity contribution in [3.8, 4) is 0 Å². The number of anilines is 1. The normalized spacial score (nSPS) is 11.0. The Morgan fingerprint density at radius 1 is 1.27 bits per heavy atom. The molecule has 0 spiro atoms. The summed E-state index contributed by atoms with van der Waals surface area (Å²) in [6.45, 7) is 3.71. The monoisotopic (exact) mass is 314 g/mol. The smallest absolute Gasteiger partial charge is 0.278 e. The number of benzene rings is 1. The summed E-state index contributed by atoms with van der Waals surface area (Å²) in [7, 11) is 0. The lowest BCUT2D eigenvalue weighted by atomic mass is 10.1. The standard InChI is InChI=1S/C15H14N4O2S/c1-9(2)19-14(21)11-6-4-3-5-10(11)12(18-19)13(20)17-15-16-7-8-22-15/h3-9H,1-2H3,(H,16,17,20). The number of carbonyl (C=O) groups is 1. The minimum Gasteiger partial charge on any atom is -0.296 e. The zero-order valence-electron chi connectivity index (χ0n) is 12.1. The van der Waals surface area contributed by atoms with Crippen molar-refractivity contribution >= 4 is 33.1 Å². The van der Waals surface area contributed by atoms with Crippen LogP contribution in [0.25, 0.3) is 10.8 Å². The third-order valence-corrected chi connectivity index (χ3v) is 3.87. The van der Waals surface area contributed by atoms with Gasteiger partial charge < -0.3 is 0 Å². The van der Waals surface area contributed by atoms with Crippen molar-refractivity contribution in [3.05, 3.63) is 51.9 Å². The Labute approximate surface area is 130 Å². The molecule has 0 aliphatic carbocycles. The number of fused-ring (bicyclic) bond motifs is 1. The molecule has 2 heterocycles. The fourth-order valence-corrected chi connectivity index (χ4v) is 2.69. The van der Waals surface area contributed by atoms with E-state index >= 15 is 0 Å². The SMILES string of the molecule is CC(C)n1nc(C(=O)Nc2nccs2)c2ccccc2c1=O. The number of rotatable bonds is 3. The second-order valence-corrected chi connectivity index (χ2v) is 5.92. The predicted octanol–water partition coefficient (Wildman–Crippen LogP) is 2.69. The molecule has 112 valence electrons. The lowest BCUT2D eigenvalue weighted by Gasteiger charge is -2.12. The van der Waals surface area contributed by atoms with Crippen LogP contribution in [0.1, 0.15) is 30.4 Å². The lowest BCUT2D eigenvalue weighted by molar-refractivity contribution is 0.102. The summed E-state index contributed by atoms with van der Waals surface area (Å²) in [6.07, 6.45) is 1.61. The minimum atomic E-state index is -0.374. The van der Waals surface area contributed by atoms with Gasteiger partial charge in [0.05, 0.1) is 11.4 Å². The molecule has 2 aromatic heterocycles. The van der Waals surface area contributed by atoms with Gasteiger partial charge in [0.1, 0.15) is 0 Å². The van der Waals surface area contributed by atoms with Gasteiger partial charge in [-0.05, 0) is 19.9 Å². The molecule has 0 saturated heterocycles. The van der Waals surface area contributed by atoms with Gasteiger partial charge in [-0.3, -0.25) is 14.9 Å². The predicted molar refractivity (Wildman–Crippen MR) is 86.5 cm³/mol. The molecule has 6 nitrogen and oxygen atoms in total. The fraction of sp³-hybridized carbons (Fsp3) is 0.200. The Bertz CT molecular complexity index is 884. The molecule has 0 unspecified atom stereocenters. The van der Waals surface area contributed by atoms with E-state index in [1.807, 2.05) is 13.8 Å². The summed E-state index contributed by atoms with van der Waals surface area (Å²) >= 11 is 1.33. The first-order valence-electron chi connectivity index (χ1n) is 6.80. The number of hydrogen-bond acceptors (Lipinski definition) is 5. The van der Waals surface area contributed by atoms with Gasteiger partial charge in [0.2, 0.25) is 0 Å². The molecule has 22 heavy (non-hydrogen) atoms. The van der Waals surface area contributed by atoms with Gasteiger partial charge in [0.25, 0.3) is 11.5 Å². The van der Waals surface area contributed by atoms with Crippen molar-refractivity contribution in [2.24, 2.45) is 0 Å². The number of aromatic nitrogens is 3. The summed E-state index contributed by atoms with van der Waals surface area (Å²) < 4.78 is 1.33. The van der Waals surface area contributed by atoms with Crippen LogP contribution >= 0.6 is 11.3 Å². The third-order valence-electron chi connectivity index (χ3n) is 3.19. The first-order chi connectivity index (χ1) is 10.6. The summed E-state index contributed by atoms with van der Waals surface area (Å²) in [4.78, 5) is 28.9. The van der Waals surface area contributed by atoms with Crippen LogP contribution in [0.5, 0.6) is 0 Å². The van der Waals surface area contributed by atoms with Gasteiger partial charge in [0, 0.05) is 17.0 Å². The molecule has 1 amide bonds. The quantitative estimate of drug-likeness (QED) is 0.806. The molecule has 0 radical (unpaired) electrons. The Morgan fingerprint density at radius 3 is 2.64 bits per heavy atom. The van der Waals surface area contributed by atoms with E-state index in [1.54, 1.807) is 35.8 Å². The van der Waals surface area contributed by atoms with Crippen LogP contribution in [-0.4, -0.2) is 20.7 Å². The van der Waals surface area contributed by atoms with Crippen LogP contribution in [0, 0.1) is 0 Å². The number of thiazole rings is 1. The van der Waals surface area contributed by atoms with Crippen molar-refractivity contribution in [1.29, 1.82) is 0 Å². The van der Waals surface area contributed by atoms with Gasteiger partial charge in [-0.15, -0.1) is 11.3 Å². The van der Waals surface area contributed by atoms with Crippen LogP contribution in [0.2, 0.25) is 0 Å². The van der Waals surface area contributed by atoms with Crippen LogP contribution in [0.4, 0.5) is 5.13 Å². The largest absolute Gasteiger partial charge is 0.296 e. The van der Waals surface area contributed by atoms with Crippen molar-refractivity contribution in [2.75, 3.05) is 5.32 Å². The van der Waals surface area contributed by atoms with Crippen molar-refractivity contribution < 1.29 is 4.79 Å². The van der Waals surface area contributed by atoms with Crippen molar-refractivity contribution in [1.82, 2.24) is 14.8 Å². The molecule has 0 saturated carbocycles. The summed E-state index contributed by atoms with van der Waals surface area (Å²) in [6, 6.07) is 6.85. The Kier molecular flexibility index (Phi) is 3.72. The van der Waals surface area contributed by atoms with E-state index in [4.69, 9.17) is 0 Å². The second-order valence-electron chi connectivity index (χ2n) is 5.03. The van der Waals surface area contributed by atoms with Crippen LogP contribution in [0.3, 0.4) is 0 Å². The third kappa shape index (κ3) is 2.50. The Balaban J connectivity index is 2.17. The number of amides is 1. The molecular formula is C15H14N4O2S. The maximum absolute atomic E-state index is 12.5. The maximum Gasteiger partial charge on any atom is 0.278 e. The van der Waals surface area contributed by atoms with Gasteiger partial charge in [0.15, 0.2) is 10.8 Å². The topological polar surface area (TPSA) is 76.9 Å². The molecule has 0 aliphatic heterocycles. The summed E-state index contributed by atoms with van der Waals surface area (Å²) in [5.74, 6) is -0.374. The van der Waals surface area contributed by atoms with E-state index in [0.29, 0.717) is 15.9 Å². The van der Waals surface area contributed by atoms with Crippen LogP contribution < -0.4 is 10.9 Å². The minimum absolute atomic E-state index is 0.136. The van der Waals surface area contributed by atoms with Crippen molar-refractivity contribution in [2.45, 2.75) is 19.9 Å². The number of carbonyl (C=O) groups excluding carboxylic acids is 1. The highest BCUT2D eigenvalue weighted by Crippen LogP contribution is 2.17. The first kappa shape index (κ1) is 14.4. The molecule has 3 aromatic rings. The summed E-state index contributed by atoms with van der Waals surface area (Å²) in [5.41, 5.74) is 0.0236. The highest BCUT2D eigenvalue weighted by atomic mass is 32.1. The Hall–Kier alpha value is -2.54. The van der Waals surface area contributed by atoms with Gasteiger partial charge in [-0.2, -0.15) is 5.10 Å². The van der Waals surface area contributed by atoms with E-state index in [1.165, 1.54) is 16.0 Å². The van der Waals surface area contributed by atoms with Crippen LogP contribution in [-0.2, 0) is 0 Å². The van der Waals surface area contributed by atoms with E-state index in [9.17, 15) is 9.59 Å². The average molecular weight is 314 g/mol. The maximum atomic E-state index is 12.5. The van der Waals surface area contributed by atoms with E-state index < -0.39 is 0 Å². The number of nitrogens with zero attached hydrogens (tertiary/aromatic N) is 3.